The molecule has 1 fully saturated rings. The first-order valence-corrected chi connectivity index (χ1v) is 7.24. The minimum absolute atomic E-state index is 0.120. The molecule has 0 heterocycles. The molecule has 1 aromatic carbocycles. The van der Waals surface area contributed by atoms with Crippen molar-refractivity contribution in [3.8, 4) is 0 Å². The molecule has 19 heavy (non-hydrogen) atoms. The van der Waals surface area contributed by atoms with Crippen LogP contribution in [-0.4, -0.2) is 19.1 Å². The molecule has 1 unspecified atom stereocenters. The molecule has 1 saturated carbocycles. The van der Waals surface area contributed by atoms with Crippen molar-refractivity contribution in [2.45, 2.75) is 52.2 Å². The highest BCUT2D eigenvalue weighted by atomic mass is 19.1. The molecule has 0 aliphatic heterocycles. The van der Waals surface area contributed by atoms with Crippen LogP contribution in [0.15, 0.2) is 18.2 Å². The van der Waals surface area contributed by atoms with Crippen LogP contribution in [0.3, 0.4) is 0 Å². The van der Waals surface area contributed by atoms with Gasteiger partial charge in [-0.05, 0) is 37.3 Å². The average Bonchev–Trinajstić information content (AvgIpc) is 3.18. The van der Waals surface area contributed by atoms with Crippen LogP contribution in [0.25, 0.3) is 0 Å². The lowest BCUT2D eigenvalue weighted by molar-refractivity contribution is 0.495. The summed E-state index contributed by atoms with van der Waals surface area (Å²) in [6, 6.07) is 6.34. The summed E-state index contributed by atoms with van der Waals surface area (Å²) < 4.78 is 14.2. The number of para-hydroxylation sites is 1. The fourth-order valence-electron chi connectivity index (χ4n) is 2.29. The van der Waals surface area contributed by atoms with Gasteiger partial charge in [-0.15, -0.1) is 0 Å². The van der Waals surface area contributed by atoms with Gasteiger partial charge in [0.1, 0.15) is 5.82 Å². The summed E-state index contributed by atoms with van der Waals surface area (Å²) in [5.41, 5.74) is 1.80. The van der Waals surface area contributed by atoms with Gasteiger partial charge >= 0.3 is 0 Å². The molecule has 0 aromatic heterocycles. The molecule has 1 aliphatic carbocycles. The lowest BCUT2D eigenvalue weighted by atomic mass is 10.0. The van der Waals surface area contributed by atoms with E-state index < -0.39 is 0 Å². The molecule has 0 bridgehead atoms. The van der Waals surface area contributed by atoms with Crippen LogP contribution >= 0.6 is 0 Å². The van der Waals surface area contributed by atoms with Gasteiger partial charge in [-0.2, -0.15) is 0 Å². The maximum Gasteiger partial charge on any atom is 0.146 e. The molecular formula is C16H25FN2. The minimum Gasteiger partial charge on any atom is -0.369 e. The van der Waals surface area contributed by atoms with Crippen LogP contribution in [0.2, 0.25) is 0 Å². The van der Waals surface area contributed by atoms with Crippen molar-refractivity contribution in [1.29, 1.82) is 0 Å². The molecule has 1 aliphatic rings. The predicted molar refractivity (Wildman–Crippen MR) is 79.0 cm³/mol. The van der Waals surface area contributed by atoms with Gasteiger partial charge in [-0.1, -0.05) is 26.0 Å². The number of rotatable bonds is 6. The van der Waals surface area contributed by atoms with Crippen molar-refractivity contribution < 1.29 is 4.39 Å². The van der Waals surface area contributed by atoms with E-state index >= 15 is 0 Å². The Hall–Kier alpha value is -1.09. The van der Waals surface area contributed by atoms with Gasteiger partial charge < -0.3 is 10.2 Å². The number of nitrogens with zero attached hydrogens (tertiary/aromatic N) is 1. The Morgan fingerprint density at radius 3 is 2.58 bits per heavy atom. The van der Waals surface area contributed by atoms with E-state index in [1.165, 1.54) is 12.8 Å². The first kappa shape index (κ1) is 14.3. The number of hydrogen-bond donors (Lipinski definition) is 1. The summed E-state index contributed by atoms with van der Waals surface area (Å²) in [6.45, 7) is 7.25. The van der Waals surface area contributed by atoms with E-state index in [2.05, 4.69) is 31.0 Å². The molecule has 0 spiro atoms. The third-order valence-corrected chi connectivity index (χ3v) is 4.16. The maximum atomic E-state index is 14.2. The van der Waals surface area contributed by atoms with Crippen molar-refractivity contribution >= 4 is 5.69 Å². The minimum atomic E-state index is -0.120. The maximum absolute atomic E-state index is 14.2. The van der Waals surface area contributed by atoms with E-state index in [-0.39, 0.29) is 5.82 Å². The largest absolute Gasteiger partial charge is 0.369 e. The lowest BCUT2D eigenvalue weighted by Gasteiger charge is -2.32. The summed E-state index contributed by atoms with van der Waals surface area (Å²) in [6.07, 6.45) is 2.51. The Labute approximate surface area is 116 Å². The fraction of sp³-hybridized carbons (Fsp3) is 0.625. The highest BCUT2D eigenvalue weighted by Gasteiger charge is 2.23. The van der Waals surface area contributed by atoms with E-state index in [9.17, 15) is 4.39 Å². The van der Waals surface area contributed by atoms with Crippen LogP contribution in [0.1, 0.15) is 39.2 Å². The summed E-state index contributed by atoms with van der Waals surface area (Å²) in [5, 5.41) is 3.47. The fourth-order valence-corrected chi connectivity index (χ4v) is 2.29. The number of halogens is 1. The van der Waals surface area contributed by atoms with Crippen molar-refractivity contribution in [2.75, 3.05) is 11.9 Å². The Morgan fingerprint density at radius 2 is 2.00 bits per heavy atom. The number of benzene rings is 1. The van der Waals surface area contributed by atoms with Crippen LogP contribution in [0.5, 0.6) is 0 Å². The second-order valence-electron chi connectivity index (χ2n) is 6.00. The van der Waals surface area contributed by atoms with Crippen molar-refractivity contribution in [3.05, 3.63) is 29.6 Å². The normalized spacial score (nSPS) is 16.7. The highest BCUT2D eigenvalue weighted by molar-refractivity contribution is 5.55. The van der Waals surface area contributed by atoms with Gasteiger partial charge in [0.2, 0.25) is 0 Å². The number of anilines is 1. The van der Waals surface area contributed by atoms with E-state index in [1.54, 1.807) is 12.1 Å². The second-order valence-corrected chi connectivity index (χ2v) is 6.00. The molecule has 0 amide bonds. The Bertz CT molecular complexity index is 427. The van der Waals surface area contributed by atoms with Gasteiger partial charge in [-0.25, -0.2) is 4.39 Å². The zero-order valence-corrected chi connectivity index (χ0v) is 12.4. The molecule has 2 nitrogen and oxygen atoms in total. The lowest BCUT2D eigenvalue weighted by Crippen LogP contribution is -2.35. The number of nitrogens with one attached hydrogen (secondary N) is 1. The first-order chi connectivity index (χ1) is 9.00. The van der Waals surface area contributed by atoms with Crippen molar-refractivity contribution in [2.24, 2.45) is 5.92 Å². The van der Waals surface area contributed by atoms with E-state index in [0.717, 1.165) is 17.8 Å². The summed E-state index contributed by atoms with van der Waals surface area (Å²) in [4.78, 5) is 2.07. The van der Waals surface area contributed by atoms with E-state index in [0.29, 0.717) is 18.0 Å². The van der Waals surface area contributed by atoms with Gasteiger partial charge in [0.15, 0.2) is 0 Å². The summed E-state index contributed by atoms with van der Waals surface area (Å²) in [7, 11) is 1.99. The quantitative estimate of drug-likeness (QED) is 0.845. The van der Waals surface area contributed by atoms with Crippen LogP contribution < -0.4 is 10.2 Å². The van der Waals surface area contributed by atoms with Gasteiger partial charge in [0.05, 0.1) is 5.69 Å². The molecule has 1 aromatic rings. The molecule has 1 N–H and O–H groups in total. The van der Waals surface area contributed by atoms with E-state index in [4.69, 9.17) is 0 Å². The standard InChI is InChI=1S/C16H25FN2/c1-11(2)12(3)19(4)16-13(6-5-7-15(16)17)10-18-14-8-9-14/h5-7,11-12,14,18H,8-10H2,1-4H3. The average molecular weight is 264 g/mol. The zero-order valence-electron chi connectivity index (χ0n) is 12.4. The van der Waals surface area contributed by atoms with Crippen LogP contribution in [-0.2, 0) is 6.54 Å². The second kappa shape index (κ2) is 5.91. The smallest absolute Gasteiger partial charge is 0.146 e. The Balaban J connectivity index is 2.20. The molecular weight excluding hydrogens is 239 g/mol. The summed E-state index contributed by atoms with van der Waals surface area (Å²) >= 11 is 0. The monoisotopic (exact) mass is 264 g/mol. The SMILES string of the molecule is CC(C)C(C)N(C)c1c(F)cccc1CNC1CC1. The highest BCUT2D eigenvalue weighted by Crippen LogP contribution is 2.28. The topological polar surface area (TPSA) is 15.3 Å². The molecule has 106 valence electrons. The number of hydrogen-bond acceptors (Lipinski definition) is 2. The van der Waals surface area contributed by atoms with Gasteiger partial charge in [-0.3, -0.25) is 0 Å². The predicted octanol–water partition coefficient (Wildman–Crippen LogP) is 3.56. The van der Waals surface area contributed by atoms with Gasteiger partial charge in [0, 0.05) is 25.7 Å². The third-order valence-electron chi connectivity index (χ3n) is 4.16. The van der Waals surface area contributed by atoms with Gasteiger partial charge in [0.25, 0.3) is 0 Å². The van der Waals surface area contributed by atoms with Crippen LogP contribution in [0, 0.1) is 11.7 Å². The Kier molecular flexibility index (Phi) is 4.46. The first-order valence-electron chi connectivity index (χ1n) is 7.24. The van der Waals surface area contributed by atoms with Crippen LogP contribution in [0.4, 0.5) is 10.1 Å². The molecule has 0 radical (unpaired) electrons. The van der Waals surface area contributed by atoms with E-state index in [1.807, 2.05) is 13.1 Å². The van der Waals surface area contributed by atoms with Crippen molar-refractivity contribution in [3.63, 3.8) is 0 Å². The van der Waals surface area contributed by atoms with Crippen molar-refractivity contribution in [1.82, 2.24) is 5.32 Å². The molecule has 1 atom stereocenters. The molecule has 0 saturated heterocycles. The molecule has 2 rings (SSSR count). The zero-order chi connectivity index (χ0) is 14.0. The molecule has 3 heteroatoms. The third kappa shape index (κ3) is 3.47. The summed E-state index contributed by atoms with van der Waals surface area (Å²) in [5.74, 6) is 0.374. The Morgan fingerprint density at radius 1 is 1.32 bits per heavy atom.